The van der Waals surface area contributed by atoms with Gasteiger partial charge in [0.1, 0.15) is 0 Å². The first-order chi connectivity index (χ1) is 8.44. The van der Waals surface area contributed by atoms with Gasteiger partial charge in [-0.1, -0.05) is 6.92 Å². The molecular weight excluding hydrogens is 263 g/mol. The van der Waals surface area contributed by atoms with Crippen LogP contribution in [-0.2, 0) is 6.54 Å². The maximum Gasteiger partial charge on any atom is 0.401 e. The number of hydrogen-bond acceptors (Lipinski definition) is 4. The van der Waals surface area contributed by atoms with Crippen molar-refractivity contribution in [2.45, 2.75) is 33.0 Å². The van der Waals surface area contributed by atoms with Gasteiger partial charge >= 0.3 is 6.18 Å². The van der Waals surface area contributed by atoms with Gasteiger partial charge in [-0.2, -0.15) is 13.2 Å². The van der Waals surface area contributed by atoms with Crippen LogP contribution >= 0.6 is 11.3 Å². The zero-order chi connectivity index (χ0) is 13.6. The first-order valence-corrected chi connectivity index (χ1v) is 6.74. The second-order valence-corrected chi connectivity index (χ2v) is 5.10. The third kappa shape index (κ3) is 5.68. The molecule has 1 heterocycles. The zero-order valence-corrected chi connectivity index (χ0v) is 11.4. The highest BCUT2D eigenvalue weighted by Crippen LogP contribution is 2.22. The molecule has 0 atom stereocenters. The van der Waals surface area contributed by atoms with Gasteiger partial charge in [0, 0.05) is 24.2 Å². The molecule has 104 valence electrons. The van der Waals surface area contributed by atoms with Gasteiger partial charge in [-0.15, -0.1) is 11.3 Å². The molecule has 0 spiro atoms. The maximum atomic E-state index is 12.4. The molecule has 0 saturated heterocycles. The molecular formula is C11H18F3N3S. The van der Waals surface area contributed by atoms with E-state index in [9.17, 15) is 13.2 Å². The minimum absolute atomic E-state index is 0.302. The van der Waals surface area contributed by atoms with E-state index in [2.05, 4.69) is 10.3 Å². The first-order valence-electron chi connectivity index (χ1n) is 5.92. The Morgan fingerprint density at radius 3 is 2.67 bits per heavy atom. The van der Waals surface area contributed by atoms with E-state index in [0.717, 1.165) is 16.6 Å². The lowest BCUT2D eigenvalue weighted by atomic mass is 10.3. The fourth-order valence-electron chi connectivity index (χ4n) is 1.62. The lowest BCUT2D eigenvalue weighted by Gasteiger charge is -2.22. The van der Waals surface area contributed by atoms with Crippen LogP contribution in [0.4, 0.5) is 18.3 Å². The van der Waals surface area contributed by atoms with Crippen molar-refractivity contribution >= 4 is 16.5 Å². The number of alkyl halides is 3. The molecule has 1 aromatic heterocycles. The van der Waals surface area contributed by atoms with Gasteiger partial charge < -0.3 is 5.32 Å². The third-order valence-electron chi connectivity index (χ3n) is 2.20. The van der Waals surface area contributed by atoms with Gasteiger partial charge in [-0.05, 0) is 19.9 Å². The van der Waals surface area contributed by atoms with Crippen molar-refractivity contribution in [3.8, 4) is 0 Å². The van der Waals surface area contributed by atoms with Gasteiger partial charge in [0.15, 0.2) is 5.13 Å². The average Bonchev–Trinajstić information content (AvgIpc) is 2.64. The number of thiazole rings is 1. The number of rotatable bonds is 7. The van der Waals surface area contributed by atoms with Crippen LogP contribution in [-0.4, -0.2) is 35.7 Å². The number of anilines is 1. The highest BCUT2D eigenvalue weighted by atomic mass is 32.1. The Kier molecular flexibility index (Phi) is 5.87. The summed E-state index contributed by atoms with van der Waals surface area (Å²) in [6.45, 7) is 4.46. The molecule has 0 saturated carbocycles. The number of hydrogen-bond donors (Lipinski definition) is 1. The van der Waals surface area contributed by atoms with Crippen LogP contribution in [0.5, 0.6) is 0 Å². The molecule has 18 heavy (non-hydrogen) atoms. The van der Waals surface area contributed by atoms with E-state index in [1.54, 1.807) is 6.20 Å². The van der Waals surface area contributed by atoms with Crippen molar-refractivity contribution in [2.75, 3.05) is 25.0 Å². The normalized spacial score (nSPS) is 12.1. The number of nitrogens with zero attached hydrogens (tertiary/aromatic N) is 2. The van der Waals surface area contributed by atoms with Crippen LogP contribution < -0.4 is 5.32 Å². The van der Waals surface area contributed by atoms with Gasteiger partial charge in [0.25, 0.3) is 0 Å². The number of halogens is 3. The quantitative estimate of drug-likeness (QED) is 0.830. The number of aromatic nitrogens is 1. The molecule has 0 unspecified atom stereocenters. The van der Waals surface area contributed by atoms with Crippen LogP contribution in [0.25, 0.3) is 0 Å². The Labute approximate surface area is 109 Å². The van der Waals surface area contributed by atoms with Crippen LogP contribution in [0.3, 0.4) is 0 Å². The molecule has 7 heteroatoms. The van der Waals surface area contributed by atoms with Crippen molar-refractivity contribution in [2.24, 2.45) is 0 Å². The molecule has 0 aliphatic rings. The van der Waals surface area contributed by atoms with Crippen molar-refractivity contribution in [3.63, 3.8) is 0 Å². The summed E-state index contributed by atoms with van der Waals surface area (Å²) in [5.41, 5.74) is 0. The summed E-state index contributed by atoms with van der Waals surface area (Å²) < 4.78 is 37.2. The molecule has 0 radical (unpaired) electrons. The third-order valence-corrected chi connectivity index (χ3v) is 3.14. The molecule has 0 amide bonds. The largest absolute Gasteiger partial charge is 0.401 e. The summed E-state index contributed by atoms with van der Waals surface area (Å²) in [6.07, 6.45) is -1.80. The van der Waals surface area contributed by atoms with E-state index in [1.165, 1.54) is 16.2 Å². The Morgan fingerprint density at radius 2 is 2.11 bits per heavy atom. The van der Waals surface area contributed by atoms with Crippen LogP contribution in [0, 0.1) is 0 Å². The van der Waals surface area contributed by atoms with Crippen LogP contribution in [0.15, 0.2) is 6.20 Å². The first kappa shape index (κ1) is 15.2. The molecule has 0 aromatic carbocycles. The van der Waals surface area contributed by atoms with Gasteiger partial charge in [0.2, 0.25) is 0 Å². The predicted octanol–water partition coefficient (Wildman–Crippen LogP) is 3.35. The second-order valence-electron chi connectivity index (χ2n) is 3.99. The maximum absolute atomic E-state index is 12.4. The SMILES string of the molecule is CCCN(Cc1cnc(NCC)s1)CC(F)(F)F. The van der Waals surface area contributed by atoms with E-state index in [1.807, 2.05) is 13.8 Å². The Bertz CT molecular complexity index is 352. The van der Waals surface area contributed by atoms with Crippen molar-refractivity contribution in [3.05, 3.63) is 11.1 Å². The van der Waals surface area contributed by atoms with E-state index in [4.69, 9.17) is 0 Å². The minimum atomic E-state index is -4.15. The Balaban J connectivity index is 2.58. The van der Waals surface area contributed by atoms with Gasteiger partial charge in [-0.25, -0.2) is 4.98 Å². The molecule has 0 fully saturated rings. The summed E-state index contributed by atoms with van der Waals surface area (Å²) in [6, 6.07) is 0. The van der Waals surface area contributed by atoms with Crippen LogP contribution in [0.1, 0.15) is 25.1 Å². The van der Waals surface area contributed by atoms with Crippen LogP contribution in [0.2, 0.25) is 0 Å². The molecule has 3 nitrogen and oxygen atoms in total. The molecule has 0 bridgehead atoms. The van der Waals surface area contributed by atoms with Crippen molar-refractivity contribution in [1.29, 1.82) is 0 Å². The Morgan fingerprint density at radius 1 is 1.39 bits per heavy atom. The summed E-state index contributed by atoms with van der Waals surface area (Å²) in [5.74, 6) is 0. The standard InChI is InChI=1S/C11H18F3N3S/c1-3-5-17(8-11(12,13)14)7-9-6-16-10(18-9)15-4-2/h6H,3-5,7-8H2,1-2H3,(H,15,16). The fourth-order valence-corrected chi connectivity index (χ4v) is 2.54. The van der Waals surface area contributed by atoms with E-state index < -0.39 is 12.7 Å². The molecule has 1 N–H and O–H groups in total. The summed E-state index contributed by atoms with van der Waals surface area (Å²) in [7, 11) is 0. The average molecular weight is 281 g/mol. The van der Waals surface area contributed by atoms with Crippen molar-refractivity contribution in [1.82, 2.24) is 9.88 Å². The van der Waals surface area contributed by atoms with E-state index in [0.29, 0.717) is 19.5 Å². The predicted molar refractivity (Wildman–Crippen MR) is 67.9 cm³/mol. The highest BCUT2D eigenvalue weighted by Gasteiger charge is 2.30. The summed E-state index contributed by atoms with van der Waals surface area (Å²) >= 11 is 1.41. The lowest BCUT2D eigenvalue weighted by molar-refractivity contribution is -0.147. The van der Waals surface area contributed by atoms with Gasteiger partial charge in [0.05, 0.1) is 6.54 Å². The van der Waals surface area contributed by atoms with Crippen molar-refractivity contribution < 1.29 is 13.2 Å². The fraction of sp³-hybridized carbons (Fsp3) is 0.727. The highest BCUT2D eigenvalue weighted by molar-refractivity contribution is 7.15. The van der Waals surface area contributed by atoms with E-state index >= 15 is 0 Å². The topological polar surface area (TPSA) is 28.2 Å². The molecule has 1 rings (SSSR count). The van der Waals surface area contributed by atoms with Gasteiger partial charge in [-0.3, -0.25) is 4.90 Å². The summed E-state index contributed by atoms with van der Waals surface area (Å²) in [5, 5.41) is 3.81. The minimum Gasteiger partial charge on any atom is -0.362 e. The Hall–Kier alpha value is -0.820. The smallest absolute Gasteiger partial charge is 0.362 e. The molecule has 0 aliphatic heterocycles. The number of nitrogens with one attached hydrogen (secondary N) is 1. The summed E-state index contributed by atoms with van der Waals surface area (Å²) in [4.78, 5) is 6.37. The second kappa shape index (κ2) is 6.94. The van der Waals surface area contributed by atoms with E-state index in [-0.39, 0.29) is 0 Å². The monoisotopic (exact) mass is 281 g/mol. The lowest BCUT2D eigenvalue weighted by Crippen LogP contribution is -2.34. The zero-order valence-electron chi connectivity index (χ0n) is 10.5. The molecule has 0 aliphatic carbocycles. The molecule has 1 aromatic rings.